The standard InChI is InChI=1S/C19H23N3O/c1-13(2)22-11-9-16(12-22)14-5-7-15(8-6-14)18-17(19(20)23)4-3-10-21-18/h3-8,10,13,16H,9,11-12H2,1-2H3,(H2,20,23). The molecule has 1 atom stereocenters. The lowest BCUT2D eigenvalue weighted by molar-refractivity contribution is 0.100. The first-order chi connectivity index (χ1) is 11.1. The van der Waals surface area contributed by atoms with E-state index >= 15 is 0 Å². The monoisotopic (exact) mass is 309 g/mol. The average molecular weight is 309 g/mol. The highest BCUT2D eigenvalue weighted by Gasteiger charge is 2.25. The molecule has 1 fully saturated rings. The zero-order chi connectivity index (χ0) is 16.4. The maximum atomic E-state index is 11.5. The summed E-state index contributed by atoms with van der Waals surface area (Å²) in [4.78, 5) is 18.4. The Bertz CT molecular complexity index is 694. The Labute approximate surface area is 137 Å². The number of hydrogen-bond donors (Lipinski definition) is 1. The normalized spacial score (nSPS) is 18.5. The summed E-state index contributed by atoms with van der Waals surface area (Å²) in [5.41, 5.74) is 8.85. The summed E-state index contributed by atoms with van der Waals surface area (Å²) in [6, 6.07) is 12.5. The maximum Gasteiger partial charge on any atom is 0.250 e. The molecule has 3 rings (SSSR count). The molecular weight excluding hydrogens is 286 g/mol. The minimum Gasteiger partial charge on any atom is -0.366 e. The second-order valence-corrected chi connectivity index (χ2v) is 6.46. The predicted octanol–water partition coefficient (Wildman–Crippen LogP) is 3.05. The molecule has 2 heterocycles. The average Bonchev–Trinajstić information content (AvgIpc) is 3.05. The van der Waals surface area contributed by atoms with E-state index in [1.54, 1.807) is 18.3 Å². The quantitative estimate of drug-likeness (QED) is 0.944. The first-order valence-electron chi connectivity index (χ1n) is 8.15. The van der Waals surface area contributed by atoms with Crippen LogP contribution in [-0.2, 0) is 0 Å². The topological polar surface area (TPSA) is 59.2 Å². The van der Waals surface area contributed by atoms with E-state index in [4.69, 9.17) is 5.73 Å². The van der Waals surface area contributed by atoms with Gasteiger partial charge in [-0.15, -0.1) is 0 Å². The minimum absolute atomic E-state index is 0.444. The fourth-order valence-corrected chi connectivity index (χ4v) is 3.28. The molecule has 1 aromatic carbocycles. The number of aromatic nitrogens is 1. The van der Waals surface area contributed by atoms with Crippen LogP contribution in [0.25, 0.3) is 11.3 Å². The molecule has 2 N–H and O–H groups in total. The number of hydrogen-bond acceptors (Lipinski definition) is 3. The largest absolute Gasteiger partial charge is 0.366 e. The molecule has 0 saturated carbocycles. The number of benzene rings is 1. The highest BCUT2D eigenvalue weighted by molar-refractivity contribution is 5.98. The third-order valence-corrected chi connectivity index (χ3v) is 4.68. The molecule has 4 heteroatoms. The zero-order valence-corrected chi connectivity index (χ0v) is 13.7. The molecule has 0 bridgehead atoms. The third-order valence-electron chi connectivity index (χ3n) is 4.68. The van der Waals surface area contributed by atoms with Crippen molar-refractivity contribution in [1.29, 1.82) is 0 Å². The van der Waals surface area contributed by atoms with Gasteiger partial charge in [-0.05, 0) is 50.4 Å². The number of primary amides is 1. The summed E-state index contributed by atoms with van der Waals surface area (Å²) in [6.07, 6.45) is 2.89. The van der Waals surface area contributed by atoms with Crippen LogP contribution in [0.4, 0.5) is 0 Å². The molecule has 1 amide bonds. The highest BCUT2D eigenvalue weighted by atomic mass is 16.1. The van der Waals surface area contributed by atoms with Gasteiger partial charge in [0.1, 0.15) is 0 Å². The van der Waals surface area contributed by atoms with E-state index in [0.717, 1.165) is 18.7 Å². The van der Waals surface area contributed by atoms with Crippen molar-refractivity contribution in [1.82, 2.24) is 9.88 Å². The van der Waals surface area contributed by atoms with Crippen molar-refractivity contribution in [3.05, 3.63) is 53.7 Å². The lowest BCUT2D eigenvalue weighted by atomic mass is 9.96. The van der Waals surface area contributed by atoms with Gasteiger partial charge < -0.3 is 10.6 Å². The zero-order valence-electron chi connectivity index (χ0n) is 13.7. The summed E-state index contributed by atoms with van der Waals surface area (Å²) in [6.45, 7) is 6.78. The van der Waals surface area contributed by atoms with Crippen LogP contribution in [0.15, 0.2) is 42.6 Å². The van der Waals surface area contributed by atoms with Crippen molar-refractivity contribution < 1.29 is 4.79 Å². The molecule has 120 valence electrons. The van der Waals surface area contributed by atoms with Crippen molar-refractivity contribution in [2.45, 2.75) is 32.2 Å². The number of nitrogens with zero attached hydrogens (tertiary/aromatic N) is 2. The molecule has 1 aliphatic rings. The van der Waals surface area contributed by atoms with E-state index in [2.05, 4.69) is 35.9 Å². The molecule has 2 aromatic rings. The van der Waals surface area contributed by atoms with E-state index < -0.39 is 5.91 Å². The summed E-state index contributed by atoms with van der Waals surface area (Å²) < 4.78 is 0. The van der Waals surface area contributed by atoms with Gasteiger partial charge in [0.05, 0.1) is 11.3 Å². The SMILES string of the molecule is CC(C)N1CCC(c2ccc(-c3ncccc3C(N)=O)cc2)C1. The Morgan fingerprint density at radius 3 is 2.61 bits per heavy atom. The number of pyridine rings is 1. The van der Waals surface area contributed by atoms with Gasteiger partial charge in [-0.1, -0.05) is 24.3 Å². The molecule has 1 aliphatic heterocycles. The van der Waals surface area contributed by atoms with E-state index in [9.17, 15) is 4.79 Å². The van der Waals surface area contributed by atoms with Crippen molar-refractivity contribution in [3.63, 3.8) is 0 Å². The first kappa shape index (κ1) is 15.7. The summed E-state index contributed by atoms with van der Waals surface area (Å²) in [5.74, 6) is 0.145. The predicted molar refractivity (Wildman–Crippen MR) is 92.3 cm³/mol. The number of likely N-dealkylation sites (tertiary alicyclic amines) is 1. The Morgan fingerprint density at radius 1 is 1.26 bits per heavy atom. The van der Waals surface area contributed by atoms with Gasteiger partial charge in [0.15, 0.2) is 0 Å². The maximum absolute atomic E-state index is 11.5. The fourth-order valence-electron chi connectivity index (χ4n) is 3.28. The molecule has 1 aromatic heterocycles. The van der Waals surface area contributed by atoms with Gasteiger partial charge >= 0.3 is 0 Å². The van der Waals surface area contributed by atoms with Gasteiger partial charge in [-0.25, -0.2) is 0 Å². The highest BCUT2D eigenvalue weighted by Crippen LogP contribution is 2.30. The molecular formula is C19H23N3O. The number of carbonyl (C=O) groups excluding carboxylic acids is 1. The van der Waals surface area contributed by atoms with Crippen LogP contribution in [-0.4, -0.2) is 34.9 Å². The van der Waals surface area contributed by atoms with E-state index in [1.165, 1.54) is 12.0 Å². The van der Waals surface area contributed by atoms with Crippen LogP contribution in [0.1, 0.15) is 42.1 Å². The summed E-state index contributed by atoms with van der Waals surface area (Å²) in [7, 11) is 0. The van der Waals surface area contributed by atoms with Crippen LogP contribution >= 0.6 is 0 Å². The Morgan fingerprint density at radius 2 is 2.00 bits per heavy atom. The first-order valence-corrected chi connectivity index (χ1v) is 8.15. The van der Waals surface area contributed by atoms with Crippen LogP contribution in [0, 0.1) is 0 Å². The number of rotatable bonds is 4. The molecule has 0 aliphatic carbocycles. The second kappa shape index (κ2) is 6.50. The van der Waals surface area contributed by atoms with Crippen molar-refractivity contribution in [2.24, 2.45) is 5.73 Å². The van der Waals surface area contributed by atoms with Gasteiger partial charge in [0.2, 0.25) is 0 Å². The summed E-state index contributed by atoms with van der Waals surface area (Å²) in [5, 5.41) is 0. The lowest BCUT2D eigenvalue weighted by Crippen LogP contribution is -2.27. The fraction of sp³-hybridized carbons (Fsp3) is 0.368. The lowest BCUT2D eigenvalue weighted by Gasteiger charge is -2.20. The number of carbonyl (C=O) groups is 1. The molecule has 1 unspecified atom stereocenters. The second-order valence-electron chi connectivity index (χ2n) is 6.46. The molecule has 0 radical (unpaired) electrons. The van der Waals surface area contributed by atoms with Crippen LogP contribution in [0.5, 0.6) is 0 Å². The Hall–Kier alpha value is -2.20. The summed E-state index contributed by atoms with van der Waals surface area (Å²) >= 11 is 0. The van der Waals surface area contributed by atoms with Gasteiger partial charge in [0.25, 0.3) is 5.91 Å². The van der Waals surface area contributed by atoms with E-state index in [0.29, 0.717) is 23.2 Å². The Balaban J connectivity index is 1.82. The van der Waals surface area contributed by atoms with E-state index in [-0.39, 0.29) is 0 Å². The molecule has 1 saturated heterocycles. The van der Waals surface area contributed by atoms with Crippen molar-refractivity contribution in [2.75, 3.05) is 13.1 Å². The van der Waals surface area contributed by atoms with Gasteiger partial charge in [0, 0.05) is 24.3 Å². The smallest absolute Gasteiger partial charge is 0.250 e. The van der Waals surface area contributed by atoms with Crippen molar-refractivity contribution >= 4 is 5.91 Å². The van der Waals surface area contributed by atoms with Crippen molar-refractivity contribution in [3.8, 4) is 11.3 Å². The van der Waals surface area contributed by atoms with Crippen LogP contribution in [0.3, 0.4) is 0 Å². The molecule has 23 heavy (non-hydrogen) atoms. The van der Waals surface area contributed by atoms with Gasteiger partial charge in [-0.2, -0.15) is 0 Å². The molecule has 4 nitrogen and oxygen atoms in total. The van der Waals surface area contributed by atoms with E-state index in [1.807, 2.05) is 12.1 Å². The number of nitrogens with two attached hydrogens (primary N) is 1. The van der Waals surface area contributed by atoms with Crippen LogP contribution in [0.2, 0.25) is 0 Å². The minimum atomic E-state index is -0.444. The molecule has 0 spiro atoms. The number of amides is 1. The Kier molecular flexibility index (Phi) is 4.44. The third kappa shape index (κ3) is 3.27. The van der Waals surface area contributed by atoms with Gasteiger partial charge in [-0.3, -0.25) is 9.78 Å². The van der Waals surface area contributed by atoms with Crippen LogP contribution < -0.4 is 5.73 Å².